The van der Waals surface area contributed by atoms with Crippen LogP contribution in [0.25, 0.3) is 0 Å². The normalized spacial score (nSPS) is 12.9. The number of hydrogen-bond acceptors (Lipinski definition) is 7. The molecule has 0 rings (SSSR count). The van der Waals surface area contributed by atoms with Crippen LogP contribution in [-0.2, 0) is 14.4 Å². The molecule has 0 aliphatic rings. The molecule has 0 spiro atoms. The number of nitrogens with one attached hydrogen (secondary N) is 2. The Bertz CT molecular complexity index is 890. The average molecular weight is 810 g/mol. The first kappa shape index (κ1) is 55.4. The maximum atomic E-state index is 15.0. The minimum absolute atomic E-state index is 0.105. The lowest BCUT2D eigenvalue weighted by Gasteiger charge is -2.42. The van der Waals surface area contributed by atoms with Crippen LogP contribution in [0.2, 0.25) is 0 Å². The molecule has 2 amide bonds. The summed E-state index contributed by atoms with van der Waals surface area (Å²) in [6.45, 7) is 8.66. The fourth-order valence-corrected chi connectivity index (χ4v) is 8.42. The molecular formula is C47H97N6O4+. The van der Waals surface area contributed by atoms with Crippen molar-refractivity contribution in [3.8, 4) is 0 Å². The lowest BCUT2D eigenvalue weighted by molar-refractivity contribution is -0.872. The largest absolute Gasteiger partial charge is 0.477 e. The van der Waals surface area contributed by atoms with E-state index in [9.17, 15) is 14.7 Å². The van der Waals surface area contributed by atoms with Crippen molar-refractivity contribution in [2.75, 3.05) is 45.8 Å². The van der Waals surface area contributed by atoms with Gasteiger partial charge in [0.1, 0.15) is 6.04 Å². The zero-order valence-electron chi connectivity index (χ0n) is 37.8. The maximum absolute atomic E-state index is 15.0. The second-order valence-corrected chi connectivity index (χ2v) is 17.2. The van der Waals surface area contributed by atoms with E-state index in [2.05, 4.69) is 24.5 Å². The van der Waals surface area contributed by atoms with E-state index in [1.54, 1.807) is 0 Å². The smallest absolute Gasteiger partial charge is 0.363 e. The third-order valence-electron chi connectivity index (χ3n) is 12.0. The number of carbonyl (C=O) groups is 3. The van der Waals surface area contributed by atoms with Crippen molar-refractivity contribution >= 4 is 17.8 Å². The van der Waals surface area contributed by atoms with Crippen molar-refractivity contribution in [2.24, 2.45) is 17.2 Å². The number of aliphatic carboxylic acids is 1. The van der Waals surface area contributed by atoms with E-state index < -0.39 is 24.0 Å². The van der Waals surface area contributed by atoms with Gasteiger partial charge in [-0.25, -0.2) is 14.1 Å². The van der Waals surface area contributed by atoms with Crippen LogP contribution in [0.15, 0.2) is 0 Å². The third-order valence-corrected chi connectivity index (χ3v) is 12.0. The van der Waals surface area contributed by atoms with Gasteiger partial charge in [-0.3, -0.25) is 4.79 Å². The number of rotatable bonds is 46. The number of amides is 2. The van der Waals surface area contributed by atoms with Crippen LogP contribution in [0.3, 0.4) is 0 Å². The monoisotopic (exact) mass is 810 g/mol. The lowest BCUT2D eigenvalue weighted by Crippen LogP contribution is -2.68. The summed E-state index contributed by atoms with van der Waals surface area (Å²) in [6, 6.07) is -1.72. The summed E-state index contributed by atoms with van der Waals surface area (Å²) in [5, 5.41) is 17.6. The van der Waals surface area contributed by atoms with Gasteiger partial charge in [-0.1, -0.05) is 168 Å². The highest BCUT2D eigenvalue weighted by molar-refractivity contribution is 5.85. The van der Waals surface area contributed by atoms with Crippen LogP contribution in [-0.4, -0.2) is 85.3 Å². The Morgan fingerprint density at radius 2 is 0.860 bits per heavy atom. The van der Waals surface area contributed by atoms with Crippen LogP contribution in [0, 0.1) is 0 Å². The standard InChI is InChI=1S/C47H96N6O4/c1-3-5-7-9-11-13-15-17-19-21-23-25-27-29-40-53(44(47(56)57)42-45(50)54,41-30-28-26-24-22-20-18-16-14-12-10-8-6-4-2)46(55)43(52-39-33-36-49)34-31-37-51-38-32-35-48/h43-44,51-52H,3-42,48-49H2,1-2H3,(H2-,50,54,56,57)/p+1/t43-,44-/m0/s1. The van der Waals surface area contributed by atoms with Gasteiger partial charge in [0.05, 0.1) is 19.5 Å². The predicted molar refractivity (Wildman–Crippen MR) is 242 cm³/mol. The van der Waals surface area contributed by atoms with Crippen molar-refractivity contribution in [1.29, 1.82) is 0 Å². The van der Waals surface area contributed by atoms with Crippen LogP contribution in [0.1, 0.15) is 226 Å². The second-order valence-electron chi connectivity index (χ2n) is 17.2. The van der Waals surface area contributed by atoms with Crippen molar-refractivity contribution in [1.82, 2.24) is 10.6 Å². The summed E-state index contributed by atoms with van der Waals surface area (Å²) < 4.78 is -0.213. The van der Waals surface area contributed by atoms with E-state index >= 15 is 4.79 Å². The Hall–Kier alpha value is -1.59. The first-order valence-electron chi connectivity index (χ1n) is 24.6. The zero-order chi connectivity index (χ0) is 42.1. The van der Waals surface area contributed by atoms with E-state index in [0.717, 1.165) is 83.7 Å². The van der Waals surface area contributed by atoms with Crippen LogP contribution >= 0.6 is 0 Å². The number of carboxylic acids is 1. The van der Waals surface area contributed by atoms with E-state index in [1.807, 2.05) is 0 Å². The van der Waals surface area contributed by atoms with Crippen LogP contribution in [0.5, 0.6) is 0 Å². The maximum Gasteiger partial charge on any atom is 0.363 e. The molecule has 10 nitrogen and oxygen atoms in total. The van der Waals surface area contributed by atoms with Gasteiger partial charge < -0.3 is 32.9 Å². The first-order valence-corrected chi connectivity index (χ1v) is 24.6. The molecule has 0 saturated heterocycles. The molecule has 0 aliphatic carbocycles. The Morgan fingerprint density at radius 3 is 1.21 bits per heavy atom. The molecule has 338 valence electrons. The zero-order valence-corrected chi connectivity index (χ0v) is 37.8. The molecule has 0 aromatic heterocycles. The molecule has 0 fully saturated rings. The van der Waals surface area contributed by atoms with E-state index in [4.69, 9.17) is 17.2 Å². The van der Waals surface area contributed by atoms with Gasteiger partial charge in [0.15, 0.2) is 0 Å². The average Bonchev–Trinajstić information content (AvgIpc) is 3.19. The molecule has 9 N–H and O–H groups in total. The van der Waals surface area contributed by atoms with Crippen molar-refractivity contribution in [2.45, 2.75) is 238 Å². The fraction of sp³-hybridized carbons (Fsp3) is 0.936. The van der Waals surface area contributed by atoms with Crippen LogP contribution in [0.4, 0.5) is 0 Å². The van der Waals surface area contributed by atoms with Gasteiger partial charge >= 0.3 is 11.9 Å². The van der Waals surface area contributed by atoms with Crippen molar-refractivity contribution < 1.29 is 24.0 Å². The molecule has 0 radical (unpaired) electrons. The summed E-state index contributed by atoms with van der Waals surface area (Å²) in [5.74, 6) is -1.88. The van der Waals surface area contributed by atoms with E-state index in [-0.39, 0.29) is 16.8 Å². The highest BCUT2D eigenvalue weighted by atomic mass is 16.4. The molecule has 0 aliphatic heterocycles. The highest BCUT2D eigenvalue weighted by Gasteiger charge is 2.50. The second kappa shape index (κ2) is 41.2. The number of unbranched alkanes of at least 4 members (excludes halogenated alkanes) is 26. The van der Waals surface area contributed by atoms with E-state index in [1.165, 1.54) is 128 Å². The van der Waals surface area contributed by atoms with Crippen molar-refractivity contribution in [3.05, 3.63) is 0 Å². The number of hydrogen-bond donors (Lipinski definition) is 6. The van der Waals surface area contributed by atoms with Crippen LogP contribution < -0.4 is 27.8 Å². The molecule has 2 atom stereocenters. The van der Waals surface area contributed by atoms with Gasteiger partial charge in [-0.2, -0.15) is 0 Å². The number of nitrogens with two attached hydrogens (primary N) is 3. The Labute approximate surface area is 352 Å². The van der Waals surface area contributed by atoms with Gasteiger partial charge in [0.2, 0.25) is 11.9 Å². The lowest BCUT2D eigenvalue weighted by atomic mass is 9.98. The summed E-state index contributed by atoms with van der Waals surface area (Å²) in [6.07, 6.45) is 36.9. The Kier molecular flexibility index (Phi) is 40.0. The minimum atomic E-state index is -1.19. The quantitative estimate of drug-likeness (QED) is 0.0260. The number of carboxylic acid groups (broad SMARTS) is 1. The molecular weight excluding hydrogens is 713 g/mol. The Balaban J connectivity index is 5.63. The van der Waals surface area contributed by atoms with Gasteiger partial charge in [-0.15, -0.1) is 0 Å². The molecule has 10 heteroatoms. The SMILES string of the molecule is CCCCCCCCCCCCCCCC[N+](CCCCCCCCCCCCCCCC)(C(=O)[C@H](CCCNCCCN)NCCCN)[C@@H](CC(N)=O)C(=O)O. The first-order chi connectivity index (χ1) is 27.8. The molecule has 0 saturated carbocycles. The van der Waals surface area contributed by atoms with Gasteiger partial charge in [-0.05, 0) is 84.1 Å². The molecule has 57 heavy (non-hydrogen) atoms. The number of nitrogens with zero attached hydrogens (tertiary/aromatic N) is 1. The number of primary amides is 1. The predicted octanol–water partition coefficient (Wildman–Crippen LogP) is 9.65. The van der Waals surface area contributed by atoms with Gasteiger partial charge in [0, 0.05) is 0 Å². The van der Waals surface area contributed by atoms with Gasteiger partial charge in [0.25, 0.3) is 0 Å². The van der Waals surface area contributed by atoms with Crippen molar-refractivity contribution in [3.63, 3.8) is 0 Å². The highest BCUT2D eigenvalue weighted by Crippen LogP contribution is 2.26. The topological polar surface area (TPSA) is 174 Å². The minimum Gasteiger partial charge on any atom is -0.477 e. The number of carbonyl (C=O) groups excluding carboxylic acids is 2. The Morgan fingerprint density at radius 1 is 0.509 bits per heavy atom. The van der Waals surface area contributed by atoms with E-state index in [0.29, 0.717) is 39.1 Å². The molecule has 0 aromatic carbocycles. The number of quaternary nitrogens is 1. The molecule has 0 aromatic rings. The fourth-order valence-electron chi connectivity index (χ4n) is 8.42. The molecule has 0 unspecified atom stereocenters. The third kappa shape index (κ3) is 31.0. The molecule has 0 bridgehead atoms. The summed E-state index contributed by atoms with van der Waals surface area (Å²) in [4.78, 5) is 40.6. The summed E-state index contributed by atoms with van der Waals surface area (Å²) >= 11 is 0. The summed E-state index contributed by atoms with van der Waals surface area (Å²) in [5.41, 5.74) is 17.2. The molecule has 0 heterocycles. The summed E-state index contributed by atoms with van der Waals surface area (Å²) in [7, 11) is 0.